The fraction of sp³-hybridized carbons (Fsp3) is 0.150. The molecular formula is C20H19F3N4O. The molecule has 0 unspecified atom stereocenters. The maximum Gasteiger partial charge on any atom is 0.389 e. The highest BCUT2D eigenvalue weighted by molar-refractivity contribution is 6.10. The number of alkyl halides is 3. The molecule has 0 aliphatic rings. The van der Waals surface area contributed by atoms with E-state index in [0.29, 0.717) is 28.0 Å². The van der Waals surface area contributed by atoms with Crippen LogP contribution in [-0.4, -0.2) is 23.3 Å². The van der Waals surface area contributed by atoms with Crippen molar-refractivity contribution in [1.82, 2.24) is 4.98 Å². The molecule has 4 N–H and O–H groups in total. The van der Waals surface area contributed by atoms with Crippen LogP contribution in [-0.2, 0) is 11.2 Å². The Hall–Kier alpha value is -3.42. The minimum absolute atomic E-state index is 0.106. The van der Waals surface area contributed by atoms with Crippen molar-refractivity contribution >= 4 is 29.5 Å². The van der Waals surface area contributed by atoms with Gasteiger partial charge in [0.1, 0.15) is 0 Å². The largest absolute Gasteiger partial charge is 0.404 e. The first kappa shape index (κ1) is 20.9. The third-order valence-electron chi connectivity index (χ3n) is 3.83. The molecule has 0 saturated heterocycles. The Morgan fingerprint density at radius 2 is 1.93 bits per heavy atom. The van der Waals surface area contributed by atoms with E-state index in [4.69, 9.17) is 11.1 Å². The zero-order chi connectivity index (χ0) is 20.6. The molecule has 1 heterocycles. The van der Waals surface area contributed by atoms with Gasteiger partial charge in [-0.1, -0.05) is 12.1 Å². The maximum atomic E-state index is 12.2. The molecule has 0 atom stereocenters. The predicted molar refractivity (Wildman–Crippen MR) is 104 cm³/mol. The van der Waals surface area contributed by atoms with Crippen LogP contribution in [0, 0.1) is 5.41 Å². The molecule has 0 spiro atoms. The quantitative estimate of drug-likeness (QED) is 0.491. The summed E-state index contributed by atoms with van der Waals surface area (Å²) in [6.07, 6.45) is 3.15. The van der Waals surface area contributed by atoms with Crippen LogP contribution in [0.1, 0.15) is 23.1 Å². The number of nitrogens with zero attached hydrogens (tertiary/aromatic N) is 1. The van der Waals surface area contributed by atoms with Gasteiger partial charge in [-0.3, -0.25) is 9.78 Å². The molecule has 28 heavy (non-hydrogen) atoms. The second-order valence-electron chi connectivity index (χ2n) is 5.86. The van der Waals surface area contributed by atoms with E-state index in [1.807, 2.05) is 0 Å². The summed E-state index contributed by atoms with van der Waals surface area (Å²) >= 11 is 0. The number of nitrogens with two attached hydrogens (primary N) is 1. The summed E-state index contributed by atoms with van der Waals surface area (Å²) < 4.78 is 36.7. The zero-order valence-electron chi connectivity index (χ0n) is 14.8. The molecule has 0 saturated carbocycles. The number of aryl methyl sites for hydroxylation is 1. The fourth-order valence-corrected chi connectivity index (χ4v) is 2.41. The summed E-state index contributed by atoms with van der Waals surface area (Å²) in [6.45, 7) is 0. The second-order valence-corrected chi connectivity index (χ2v) is 5.86. The number of carbonyl (C=O) groups excluding carboxylic acids is 1. The average Bonchev–Trinajstić information content (AvgIpc) is 2.67. The highest BCUT2D eigenvalue weighted by atomic mass is 19.4. The monoisotopic (exact) mass is 388 g/mol. The fourth-order valence-electron chi connectivity index (χ4n) is 2.41. The van der Waals surface area contributed by atoms with E-state index in [0.717, 1.165) is 6.21 Å². The molecule has 2 rings (SSSR count). The van der Waals surface area contributed by atoms with Gasteiger partial charge in [-0.2, -0.15) is 13.2 Å². The van der Waals surface area contributed by atoms with Crippen molar-refractivity contribution in [3.63, 3.8) is 0 Å². The number of benzene rings is 1. The van der Waals surface area contributed by atoms with E-state index >= 15 is 0 Å². The smallest absolute Gasteiger partial charge is 0.389 e. The lowest BCUT2D eigenvalue weighted by atomic mass is 10.0. The standard InChI is InChI=1S/C20H19F3N4O/c21-20(22,23)9-7-14-1-4-17(5-2-14)27-19(28)6-3-15-13-26-10-8-18(15)16(11-24)12-25/h1-6,8,10-13,24H,7,9,25H2,(H,27,28)/b6-3+,16-12?,24-11?. The first-order valence-corrected chi connectivity index (χ1v) is 8.34. The van der Waals surface area contributed by atoms with Gasteiger partial charge in [0, 0.05) is 54.1 Å². The molecule has 5 nitrogen and oxygen atoms in total. The van der Waals surface area contributed by atoms with E-state index < -0.39 is 18.5 Å². The van der Waals surface area contributed by atoms with Crippen LogP contribution in [0.5, 0.6) is 0 Å². The van der Waals surface area contributed by atoms with Gasteiger partial charge in [0.15, 0.2) is 0 Å². The van der Waals surface area contributed by atoms with E-state index in [1.54, 1.807) is 48.8 Å². The van der Waals surface area contributed by atoms with Gasteiger partial charge in [0.25, 0.3) is 0 Å². The number of carbonyl (C=O) groups is 1. The molecule has 0 aliphatic heterocycles. The van der Waals surface area contributed by atoms with Crippen LogP contribution >= 0.6 is 0 Å². The number of pyridine rings is 1. The van der Waals surface area contributed by atoms with Crippen molar-refractivity contribution < 1.29 is 18.0 Å². The van der Waals surface area contributed by atoms with Crippen molar-refractivity contribution in [2.24, 2.45) is 5.73 Å². The van der Waals surface area contributed by atoms with Gasteiger partial charge >= 0.3 is 6.18 Å². The number of hydrogen-bond donors (Lipinski definition) is 3. The Kier molecular flexibility index (Phi) is 7.08. The summed E-state index contributed by atoms with van der Waals surface area (Å²) in [7, 11) is 0. The van der Waals surface area contributed by atoms with Gasteiger partial charge < -0.3 is 16.5 Å². The van der Waals surface area contributed by atoms with Crippen LogP contribution in [0.15, 0.2) is 55.0 Å². The van der Waals surface area contributed by atoms with E-state index in [-0.39, 0.29) is 6.42 Å². The normalized spacial score (nSPS) is 12.2. The Balaban J connectivity index is 2.02. The molecule has 0 bridgehead atoms. The van der Waals surface area contributed by atoms with E-state index in [1.165, 1.54) is 12.3 Å². The number of aromatic nitrogens is 1. The van der Waals surface area contributed by atoms with E-state index in [2.05, 4.69) is 10.3 Å². The molecule has 8 heteroatoms. The van der Waals surface area contributed by atoms with Gasteiger partial charge in [0.05, 0.1) is 0 Å². The predicted octanol–water partition coefficient (Wildman–Crippen LogP) is 4.18. The lowest BCUT2D eigenvalue weighted by molar-refractivity contribution is -0.134. The SMILES string of the molecule is N=CC(=CN)c1ccncc1/C=C/C(=O)Nc1ccc(CCC(F)(F)F)cc1. The first-order chi connectivity index (χ1) is 13.3. The number of rotatable bonds is 7. The minimum atomic E-state index is -4.19. The number of halogens is 3. The summed E-state index contributed by atoms with van der Waals surface area (Å²) in [5.41, 5.74) is 8.26. The van der Waals surface area contributed by atoms with Crippen LogP contribution in [0.4, 0.5) is 18.9 Å². The number of anilines is 1. The molecule has 0 radical (unpaired) electrons. The zero-order valence-corrected chi connectivity index (χ0v) is 14.8. The van der Waals surface area contributed by atoms with Gasteiger partial charge in [0.2, 0.25) is 5.91 Å². The molecular weight excluding hydrogens is 369 g/mol. The lowest BCUT2D eigenvalue weighted by Crippen LogP contribution is -2.09. The number of amides is 1. The Bertz CT molecular complexity index is 887. The Morgan fingerprint density at radius 3 is 2.54 bits per heavy atom. The van der Waals surface area contributed by atoms with Crippen LogP contribution in [0.2, 0.25) is 0 Å². The van der Waals surface area contributed by atoms with Crippen molar-refractivity contribution in [2.75, 3.05) is 5.32 Å². The summed E-state index contributed by atoms with van der Waals surface area (Å²) in [4.78, 5) is 16.1. The molecule has 0 fully saturated rings. The van der Waals surface area contributed by atoms with Gasteiger partial charge in [-0.05, 0) is 41.8 Å². The topological polar surface area (TPSA) is 91.9 Å². The highest BCUT2D eigenvalue weighted by Gasteiger charge is 2.26. The molecule has 1 aromatic carbocycles. The number of allylic oxidation sites excluding steroid dienone is 1. The average molecular weight is 388 g/mol. The first-order valence-electron chi connectivity index (χ1n) is 8.34. The molecule has 2 aromatic rings. The Morgan fingerprint density at radius 1 is 1.21 bits per heavy atom. The third kappa shape index (κ3) is 6.39. The minimum Gasteiger partial charge on any atom is -0.404 e. The van der Waals surface area contributed by atoms with Crippen molar-refractivity contribution in [2.45, 2.75) is 19.0 Å². The Labute approximate surface area is 160 Å². The second kappa shape index (κ2) is 9.50. The molecule has 1 aromatic heterocycles. The van der Waals surface area contributed by atoms with Crippen LogP contribution in [0.3, 0.4) is 0 Å². The highest BCUT2D eigenvalue weighted by Crippen LogP contribution is 2.22. The van der Waals surface area contributed by atoms with Gasteiger partial charge in [-0.15, -0.1) is 0 Å². The van der Waals surface area contributed by atoms with Crippen molar-refractivity contribution in [3.05, 3.63) is 71.7 Å². The molecule has 146 valence electrons. The van der Waals surface area contributed by atoms with Crippen LogP contribution in [0.25, 0.3) is 11.6 Å². The maximum absolute atomic E-state index is 12.2. The van der Waals surface area contributed by atoms with Crippen molar-refractivity contribution in [3.8, 4) is 0 Å². The summed E-state index contributed by atoms with van der Waals surface area (Å²) in [6, 6.07) is 7.88. The van der Waals surface area contributed by atoms with Crippen molar-refractivity contribution in [1.29, 1.82) is 5.41 Å². The lowest BCUT2D eigenvalue weighted by Gasteiger charge is -2.07. The molecule has 0 aliphatic carbocycles. The van der Waals surface area contributed by atoms with Gasteiger partial charge in [-0.25, -0.2) is 0 Å². The summed E-state index contributed by atoms with van der Waals surface area (Å²) in [5, 5.41) is 10.0. The molecule has 1 amide bonds. The number of nitrogens with one attached hydrogen (secondary N) is 2. The third-order valence-corrected chi connectivity index (χ3v) is 3.83. The van der Waals surface area contributed by atoms with E-state index in [9.17, 15) is 18.0 Å². The van der Waals surface area contributed by atoms with Crippen LogP contribution < -0.4 is 11.1 Å². The summed E-state index contributed by atoms with van der Waals surface area (Å²) in [5.74, 6) is -0.411. The number of hydrogen-bond acceptors (Lipinski definition) is 4.